The zero-order chi connectivity index (χ0) is 27.1. The van der Waals surface area contributed by atoms with Gasteiger partial charge >= 0.3 is 0 Å². The molecule has 0 aromatic carbocycles. The largest absolute Gasteiger partial charge is 0.331 e. The third kappa shape index (κ3) is 25.6. The summed E-state index contributed by atoms with van der Waals surface area (Å²) in [6.45, 7) is 7.32. The molecule has 0 saturated carbocycles. The number of quaternary nitrogens is 2. The molecule has 0 fully saturated rings. The molecule has 0 aromatic rings. The predicted octanol–water partition coefficient (Wildman–Crippen LogP) is 10.3. The topological polar surface area (TPSA) is 0 Å². The van der Waals surface area contributed by atoms with E-state index < -0.39 is 0 Å². The van der Waals surface area contributed by atoms with Crippen molar-refractivity contribution < 1.29 is 8.97 Å². The summed E-state index contributed by atoms with van der Waals surface area (Å²) in [7, 11) is 14.5. The molecule has 218 valence electrons. The third-order valence-corrected chi connectivity index (χ3v) is 8.09. The van der Waals surface area contributed by atoms with Gasteiger partial charge in [0.2, 0.25) is 0 Å². The summed E-state index contributed by atoms with van der Waals surface area (Å²) >= 11 is 0. The van der Waals surface area contributed by atoms with Crippen LogP contribution < -0.4 is 0 Å². The van der Waals surface area contributed by atoms with Gasteiger partial charge < -0.3 is 8.97 Å². The van der Waals surface area contributed by atoms with E-state index in [1.54, 1.807) is 0 Å². The summed E-state index contributed by atoms with van der Waals surface area (Å²) in [6.07, 6.45) is 31.9. The molecule has 0 heterocycles. The lowest BCUT2D eigenvalue weighted by Gasteiger charge is -2.37. The Bertz CT molecular complexity index is 403. The van der Waals surface area contributed by atoms with Crippen molar-refractivity contribution in [2.24, 2.45) is 11.8 Å². The van der Waals surface area contributed by atoms with Crippen molar-refractivity contribution in [3.63, 3.8) is 0 Å². The SMILES string of the molecule is CCCCCCCCCCCCC(C[N+](C)(C)C)C(CCCCCCCCCCCC)C[N+](C)(C)C. The lowest BCUT2D eigenvalue weighted by molar-refractivity contribution is -0.883. The van der Waals surface area contributed by atoms with Gasteiger partial charge in [-0.1, -0.05) is 142 Å². The molecule has 0 aliphatic carbocycles. The van der Waals surface area contributed by atoms with Crippen LogP contribution in [0.4, 0.5) is 0 Å². The van der Waals surface area contributed by atoms with E-state index in [1.807, 2.05) is 0 Å². The van der Waals surface area contributed by atoms with Gasteiger partial charge in [0.15, 0.2) is 0 Å². The number of nitrogens with zero attached hydrogens (tertiary/aromatic N) is 2. The summed E-state index contributed by atoms with van der Waals surface area (Å²) in [5, 5.41) is 0. The summed E-state index contributed by atoms with van der Waals surface area (Å²) in [4.78, 5) is 0. The summed E-state index contributed by atoms with van der Waals surface area (Å²) in [6, 6.07) is 0. The fourth-order valence-corrected chi connectivity index (χ4v) is 6.15. The van der Waals surface area contributed by atoms with E-state index in [9.17, 15) is 0 Å². The lowest BCUT2D eigenvalue weighted by Crippen LogP contribution is -2.46. The van der Waals surface area contributed by atoms with Crippen LogP contribution >= 0.6 is 0 Å². The van der Waals surface area contributed by atoms with Crippen LogP contribution in [0.25, 0.3) is 0 Å². The van der Waals surface area contributed by atoms with E-state index in [0.29, 0.717) is 0 Å². The van der Waals surface area contributed by atoms with Crippen molar-refractivity contribution in [1.82, 2.24) is 0 Å². The predicted molar refractivity (Wildman–Crippen MR) is 166 cm³/mol. The molecule has 0 rings (SSSR count). The Balaban J connectivity index is 4.46. The summed E-state index contributed by atoms with van der Waals surface area (Å²) < 4.78 is 2.24. The van der Waals surface area contributed by atoms with Crippen molar-refractivity contribution in [2.45, 2.75) is 155 Å². The molecule has 2 atom stereocenters. The van der Waals surface area contributed by atoms with Crippen molar-refractivity contribution in [3.05, 3.63) is 0 Å². The second kappa shape index (κ2) is 22.9. The Hall–Kier alpha value is -0.0800. The second-order valence-electron chi connectivity index (χ2n) is 14.4. The molecule has 2 unspecified atom stereocenters. The van der Waals surface area contributed by atoms with Gasteiger partial charge in [-0.3, -0.25) is 0 Å². The Morgan fingerprint density at radius 3 is 0.778 bits per heavy atom. The van der Waals surface area contributed by atoms with Crippen molar-refractivity contribution in [1.29, 1.82) is 0 Å². The average Bonchev–Trinajstić information content (AvgIpc) is 2.78. The first-order valence-electron chi connectivity index (χ1n) is 16.7. The van der Waals surface area contributed by atoms with Crippen LogP contribution in [-0.2, 0) is 0 Å². The molecule has 0 radical (unpaired) electrons. The van der Waals surface area contributed by atoms with E-state index in [4.69, 9.17) is 0 Å². The van der Waals surface area contributed by atoms with Crippen LogP contribution in [0.1, 0.15) is 155 Å². The molecule has 0 aliphatic rings. The van der Waals surface area contributed by atoms with Crippen LogP contribution in [0.5, 0.6) is 0 Å². The maximum Gasteiger partial charge on any atom is 0.0813 e. The van der Waals surface area contributed by atoms with Gasteiger partial charge in [-0.2, -0.15) is 0 Å². The number of hydrogen-bond donors (Lipinski definition) is 0. The Morgan fingerprint density at radius 1 is 0.333 bits per heavy atom. The molecule has 2 heteroatoms. The van der Waals surface area contributed by atoms with Crippen LogP contribution in [-0.4, -0.2) is 64.3 Å². The van der Waals surface area contributed by atoms with Crippen molar-refractivity contribution in [2.75, 3.05) is 55.4 Å². The van der Waals surface area contributed by atoms with Gasteiger partial charge in [-0.15, -0.1) is 0 Å². The molecule has 36 heavy (non-hydrogen) atoms. The molecule has 0 saturated heterocycles. The van der Waals surface area contributed by atoms with Gasteiger partial charge in [-0.05, 0) is 12.8 Å². The normalized spacial score (nSPS) is 14.3. The zero-order valence-corrected chi connectivity index (χ0v) is 27.0. The standard InChI is InChI=1S/C34H74N2/c1-9-11-13-15-17-19-21-23-25-27-29-33(31-35(3,4)5)34(32-36(6,7)8)30-28-26-24-22-20-18-16-14-12-10-2/h33-34H,9-32H2,1-8H3/q+2. The molecule has 0 N–H and O–H groups in total. The molecule has 0 amide bonds. The van der Waals surface area contributed by atoms with Crippen LogP contribution in [0.3, 0.4) is 0 Å². The summed E-state index contributed by atoms with van der Waals surface area (Å²) in [5.41, 5.74) is 0. The highest BCUT2D eigenvalue weighted by atomic mass is 15.3. The van der Waals surface area contributed by atoms with E-state index in [-0.39, 0.29) is 0 Å². The Kier molecular flexibility index (Phi) is 22.8. The maximum atomic E-state index is 2.41. The first-order valence-corrected chi connectivity index (χ1v) is 16.7. The molecule has 0 aliphatic heterocycles. The van der Waals surface area contributed by atoms with Crippen LogP contribution in [0, 0.1) is 11.8 Å². The third-order valence-electron chi connectivity index (χ3n) is 8.09. The quantitative estimate of drug-likeness (QED) is 0.0761. The molecule has 0 bridgehead atoms. The monoisotopic (exact) mass is 511 g/mol. The first-order chi connectivity index (χ1) is 17.1. The highest BCUT2D eigenvalue weighted by Crippen LogP contribution is 2.29. The molecule has 0 aromatic heterocycles. The summed E-state index contributed by atoms with van der Waals surface area (Å²) in [5.74, 6) is 1.77. The number of rotatable bonds is 27. The Labute approximate surface area is 231 Å². The highest BCUT2D eigenvalue weighted by molar-refractivity contribution is 4.71. The van der Waals surface area contributed by atoms with Gasteiger partial charge in [0.25, 0.3) is 0 Å². The van der Waals surface area contributed by atoms with Gasteiger partial charge in [0, 0.05) is 11.8 Å². The molecular weight excluding hydrogens is 436 g/mol. The van der Waals surface area contributed by atoms with E-state index in [2.05, 4.69) is 56.1 Å². The smallest absolute Gasteiger partial charge is 0.0813 e. The molecular formula is C34H74N2+2. The van der Waals surface area contributed by atoms with Crippen molar-refractivity contribution >= 4 is 0 Å². The van der Waals surface area contributed by atoms with Crippen LogP contribution in [0.2, 0.25) is 0 Å². The van der Waals surface area contributed by atoms with E-state index in [1.165, 1.54) is 154 Å². The number of unbranched alkanes of at least 4 members (excludes halogenated alkanes) is 18. The Morgan fingerprint density at radius 2 is 0.556 bits per heavy atom. The molecule has 2 nitrogen and oxygen atoms in total. The first kappa shape index (κ1) is 35.9. The van der Waals surface area contributed by atoms with E-state index >= 15 is 0 Å². The van der Waals surface area contributed by atoms with Gasteiger partial charge in [0.1, 0.15) is 0 Å². The minimum atomic E-state index is 0.884. The zero-order valence-electron chi connectivity index (χ0n) is 27.0. The number of hydrogen-bond acceptors (Lipinski definition) is 0. The van der Waals surface area contributed by atoms with Crippen LogP contribution in [0.15, 0.2) is 0 Å². The fourth-order valence-electron chi connectivity index (χ4n) is 6.15. The highest BCUT2D eigenvalue weighted by Gasteiger charge is 2.30. The molecule has 0 spiro atoms. The van der Waals surface area contributed by atoms with Gasteiger partial charge in [-0.25, -0.2) is 0 Å². The fraction of sp³-hybridized carbons (Fsp3) is 1.00. The van der Waals surface area contributed by atoms with E-state index in [0.717, 1.165) is 20.8 Å². The average molecular weight is 511 g/mol. The second-order valence-corrected chi connectivity index (χ2v) is 14.4. The lowest BCUT2D eigenvalue weighted by atomic mass is 9.82. The minimum absolute atomic E-state index is 0.884. The van der Waals surface area contributed by atoms with Crippen molar-refractivity contribution in [3.8, 4) is 0 Å². The van der Waals surface area contributed by atoms with Gasteiger partial charge in [0.05, 0.1) is 55.4 Å². The maximum absolute atomic E-state index is 2.41. The minimum Gasteiger partial charge on any atom is -0.331 e.